The van der Waals surface area contributed by atoms with Crippen LogP contribution in [-0.4, -0.2) is 43.4 Å². The van der Waals surface area contributed by atoms with E-state index in [9.17, 15) is 4.39 Å². The van der Waals surface area contributed by atoms with Crippen LogP contribution in [0.4, 0.5) is 4.39 Å². The fourth-order valence-corrected chi connectivity index (χ4v) is 2.91. The van der Waals surface area contributed by atoms with Gasteiger partial charge in [0.15, 0.2) is 0 Å². The first-order valence-electron chi connectivity index (χ1n) is 6.65. The van der Waals surface area contributed by atoms with Crippen molar-refractivity contribution in [2.24, 2.45) is 11.8 Å². The van der Waals surface area contributed by atoms with Gasteiger partial charge in [-0.25, -0.2) is 4.39 Å². The lowest BCUT2D eigenvalue weighted by Gasteiger charge is -2.38. The molecule has 0 unspecified atom stereocenters. The molecule has 94 valence electrons. The monoisotopic (exact) mass is 229 g/mol. The summed E-state index contributed by atoms with van der Waals surface area (Å²) in [6, 6.07) is 0. The summed E-state index contributed by atoms with van der Waals surface area (Å²) in [5, 5.41) is 0. The van der Waals surface area contributed by atoms with Crippen molar-refractivity contribution >= 4 is 0 Å². The van der Waals surface area contributed by atoms with E-state index < -0.39 is 6.17 Å². The predicted molar refractivity (Wildman–Crippen MR) is 63.3 cm³/mol. The lowest BCUT2D eigenvalue weighted by Crippen LogP contribution is -2.46. The van der Waals surface area contributed by atoms with E-state index >= 15 is 0 Å². The van der Waals surface area contributed by atoms with Crippen LogP contribution in [0.3, 0.4) is 0 Å². The lowest BCUT2D eigenvalue weighted by molar-refractivity contribution is -0.0755. The number of hydrogen-bond acceptors (Lipinski definition) is 2. The standard InChI is InChI=1S/C13H24FNO/c1-10-4-3-6-15(8-10)9-13-11(2)12(14)5-7-16-13/h10-13H,3-9H2,1-2H3/t10-,11-,12-,13+/m1/s1. The van der Waals surface area contributed by atoms with Gasteiger partial charge in [-0.2, -0.15) is 0 Å². The fraction of sp³-hybridized carbons (Fsp3) is 1.00. The van der Waals surface area contributed by atoms with Crippen LogP contribution < -0.4 is 0 Å². The largest absolute Gasteiger partial charge is 0.376 e. The Kier molecular flexibility index (Phi) is 4.20. The number of ether oxygens (including phenoxy) is 1. The number of likely N-dealkylation sites (tertiary alicyclic amines) is 1. The molecule has 2 heterocycles. The van der Waals surface area contributed by atoms with Gasteiger partial charge in [0.1, 0.15) is 6.17 Å². The van der Waals surface area contributed by atoms with Gasteiger partial charge in [-0.05, 0) is 25.3 Å². The Morgan fingerprint density at radius 2 is 2.12 bits per heavy atom. The van der Waals surface area contributed by atoms with Gasteiger partial charge in [0.2, 0.25) is 0 Å². The summed E-state index contributed by atoms with van der Waals surface area (Å²) in [5.74, 6) is 0.847. The zero-order valence-corrected chi connectivity index (χ0v) is 10.5. The Morgan fingerprint density at radius 1 is 1.31 bits per heavy atom. The molecule has 0 aliphatic carbocycles. The van der Waals surface area contributed by atoms with E-state index in [2.05, 4.69) is 11.8 Å². The summed E-state index contributed by atoms with van der Waals surface area (Å²) in [4.78, 5) is 2.45. The predicted octanol–water partition coefficient (Wildman–Crippen LogP) is 2.48. The Labute approximate surface area is 98.1 Å². The highest BCUT2D eigenvalue weighted by Crippen LogP contribution is 2.25. The molecule has 0 radical (unpaired) electrons. The molecule has 0 amide bonds. The highest BCUT2D eigenvalue weighted by atomic mass is 19.1. The van der Waals surface area contributed by atoms with Crippen LogP contribution in [0.1, 0.15) is 33.1 Å². The van der Waals surface area contributed by atoms with Crippen LogP contribution in [0, 0.1) is 11.8 Å². The van der Waals surface area contributed by atoms with Crippen LogP contribution >= 0.6 is 0 Å². The third-order valence-electron chi connectivity index (χ3n) is 4.06. The minimum atomic E-state index is -0.666. The van der Waals surface area contributed by atoms with E-state index in [1.165, 1.54) is 12.8 Å². The van der Waals surface area contributed by atoms with Crippen LogP contribution in [0.5, 0.6) is 0 Å². The molecule has 0 aromatic heterocycles. The van der Waals surface area contributed by atoms with E-state index in [0.717, 1.165) is 25.6 Å². The molecule has 0 saturated carbocycles. The Morgan fingerprint density at radius 3 is 2.88 bits per heavy atom. The van der Waals surface area contributed by atoms with E-state index in [1.807, 2.05) is 6.92 Å². The second kappa shape index (κ2) is 5.46. The highest BCUT2D eigenvalue weighted by Gasteiger charge is 2.32. The van der Waals surface area contributed by atoms with Gasteiger partial charge in [-0.1, -0.05) is 13.8 Å². The maximum Gasteiger partial charge on any atom is 0.107 e. The molecule has 2 saturated heterocycles. The highest BCUT2D eigenvalue weighted by molar-refractivity contribution is 4.82. The van der Waals surface area contributed by atoms with Crippen molar-refractivity contribution in [3.63, 3.8) is 0 Å². The van der Waals surface area contributed by atoms with Crippen molar-refractivity contribution < 1.29 is 9.13 Å². The fourth-order valence-electron chi connectivity index (χ4n) is 2.91. The molecule has 3 heteroatoms. The minimum absolute atomic E-state index is 0.0611. The van der Waals surface area contributed by atoms with Crippen molar-refractivity contribution in [3.05, 3.63) is 0 Å². The normalized spacial score (nSPS) is 42.2. The number of piperidine rings is 1. The van der Waals surface area contributed by atoms with Crippen LogP contribution in [0.25, 0.3) is 0 Å². The molecule has 2 rings (SSSR count). The van der Waals surface area contributed by atoms with Gasteiger partial charge >= 0.3 is 0 Å². The van der Waals surface area contributed by atoms with Gasteiger partial charge < -0.3 is 9.64 Å². The minimum Gasteiger partial charge on any atom is -0.376 e. The van der Waals surface area contributed by atoms with Crippen LogP contribution in [0.15, 0.2) is 0 Å². The van der Waals surface area contributed by atoms with Crippen molar-refractivity contribution in [2.45, 2.75) is 45.4 Å². The molecule has 2 aliphatic rings. The molecule has 2 aliphatic heterocycles. The van der Waals surface area contributed by atoms with E-state index in [4.69, 9.17) is 4.74 Å². The average molecular weight is 229 g/mol. The maximum atomic E-state index is 13.6. The Bertz CT molecular complexity index is 224. The van der Waals surface area contributed by atoms with E-state index in [1.54, 1.807) is 0 Å². The molecule has 16 heavy (non-hydrogen) atoms. The van der Waals surface area contributed by atoms with Gasteiger partial charge in [-0.15, -0.1) is 0 Å². The van der Waals surface area contributed by atoms with Crippen molar-refractivity contribution in [1.82, 2.24) is 4.90 Å². The third kappa shape index (κ3) is 2.95. The number of hydrogen-bond donors (Lipinski definition) is 0. The number of rotatable bonds is 2. The number of halogens is 1. The summed E-state index contributed by atoms with van der Waals surface area (Å²) < 4.78 is 19.3. The first-order chi connectivity index (χ1) is 7.66. The zero-order chi connectivity index (χ0) is 11.5. The smallest absolute Gasteiger partial charge is 0.107 e. The molecule has 0 aromatic carbocycles. The van der Waals surface area contributed by atoms with E-state index in [0.29, 0.717) is 13.0 Å². The van der Waals surface area contributed by atoms with Crippen molar-refractivity contribution in [1.29, 1.82) is 0 Å². The Balaban J connectivity index is 1.83. The SMILES string of the molecule is C[C@@H]1CCCN(C[C@@H]2OCC[C@@H](F)[C@H]2C)C1. The molecular weight excluding hydrogens is 205 g/mol. The van der Waals surface area contributed by atoms with Gasteiger partial charge in [-0.3, -0.25) is 0 Å². The molecule has 4 atom stereocenters. The number of nitrogens with zero attached hydrogens (tertiary/aromatic N) is 1. The molecular formula is C13H24FNO. The summed E-state index contributed by atoms with van der Waals surface area (Å²) in [6.45, 7) is 8.13. The molecule has 0 aromatic rings. The van der Waals surface area contributed by atoms with Crippen molar-refractivity contribution in [2.75, 3.05) is 26.2 Å². The molecule has 0 spiro atoms. The molecule has 0 bridgehead atoms. The Hall–Kier alpha value is -0.150. The van der Waals surface area contributed by atoms with E-state index in [-0.39, 0.29) is 12.0 Å². The summed E-state index contributed by atoms with van der Waals surface area (Å²) in [7, 11) is 0. The van der Waals surface area contributed by atoms with Crippen LogP contribution in [-0.2, 0) is 4.74 Å². The first kappa shape index (κ1) is 12.3. The third-order valence-corrected chi connectivity index (χ3v) is 4.06. The summed E-state index contributed by atoms with van der Waals surface area (Å²) in [5.41, 5.74) is 0. The van der Waals surface area contributed by atoms with Crippen molar-refractivity contribution in [3.8, 4) is 0 Å². The quantitative estimate of drug-likeness (QED) is 0.721. The molecule has 2 fully saturated rings. The lowest BCUT2D eigenvalue weighted by atomic mass is 9.93. The summed E-state index contributed by atoms with van der Waals surface area (Å²) in [6.07, 6.45) is 2.63. The first-order valence-corrected chi connectivity index (χ1v) is 6.65. The second-order valence-corrected chi connectivity index (χ2v) is 5.58. The summed E-state index contributed by atoms with van der Waals surface area (Å²) >= 11 is 0. The maximum absolute atomic E-state index is 13.6. The topological polar surface area (TPSA) is 12.5 Å². The van der Waals surface area contributed by atoms with Gasteiger partial charge in [0, 0.05) is 32.0 Å². The van der Waals surface area contributed by atoms with Gasteiger partial charge in [0.25, 0.3) is 0 Å². The average Bonchev–Trinajstić information content (AvgIpc) is 2.25. The second-order valence-electron chi connectivity index (χ2n) is 5.58. The molecule has 0 N–H and O–H groups in total. The number of alkyl halides is 1. The molecule has 2 nitrogen and oxygen atoms in total. The zero-order valence-electron chi connectivity index (χ0n) is 10.5. The van der Waals surface area contributed by atoms with Gasteiger partial charge in [0.05, 0.1) is 6.10 Å². The van der Waals surface area contributed by atoms with Crippen LogP contribution in [0.2, 0.25) is 0 Å².